The van der Waals surface area contributed by atoms with Gasteiger partial charge in [0.1, 0.15) is 5.82 Å². The Bertz CT molecular complexity index is 807. The summed E-state index contributed by atoms with van der Waals surface area (Å²) in [5.41, 5.74) is 1.72. The van der Waals surface area contributed by atoms with Crippen molar-refractivity contribution < 1.29 is 9.18 Å². The number of hydrogen-bond donors (Lipinski definition) is 1. The van der Waals surface area contributed by atoms with E-state index >= 15 is 0 Å². The lowest BCUT2D eigenvalue weighted by Crippen LogP contribution is -2.48. The molecular formula is C19H20Cl2FN3O. The van der Waals surface area contributed by atoms with Gasteiger partial charge in [0.2, 0.25) is 0 Å². The molecule has 3 rings (SSSR count). The number of halogens is 3. The van der Waals surface area contributed by atoms with Gasteiger partial charge in [-0.3, -0.25) is 9.69 Å². The molecule has 0 unspecified atom stereocenters. The average molecular weight is 396 g/mol. The van der Waals surface area contributed by atoms with E-state index in [-0.39, 0.29) is 5.91 Å². The maximum absolute atomic E-state index is 13.9. The summed E-state index contributed by atoms with van der Waals surface area (Å²) in [7, 11) is 1.64. The number of anilines is 1. The van der Waals surface area contributed by atoms with Crippen LogP contribution in [0.1, 0.15) is 15.9 Å². The van der Waals surface area contributed by atoms with Crippen molar-refractivity contribution in [2.45, 2.75) is 6.54 Å². The summed E-state index contributed by atoms with van der Waals surface area (Å²) in [6.07, 6.45) is 0. The molecule has 2 aromatic rings. The summed E-state index contributed by atoms with van der Waals surface area (Å²) < 4.78 is 13.9. The van der Waals surface area contributed by atoms with Crippen molar-refractivity contribution in [2.24, 2.45) is 0 Å². The van der Waals surface area contributed by atoms with Gasteiger partial charge in [0.15, 0.2) is 0 Å². The third-order valence-corrected chi connectivity index (χ3v) is 5.43. The first-order valence-electron chi connectivity index (χ1n) is 8.41. The second-order valence-corrected chi connectivity index (χ2v) is 7.01. The molecule has 1 fully saturated rings. The number of carbonyl (C=O) groups excluding carboxylic acids is 1. The van der Waals surface area contributed by atoms with E-state index < -0.39 is 5.82 Å². The fraction of sp³-hybridized carbons (Fsp3) is 0.316. The fourth-order valence-electron chi connectivity index (χ4n) is 3.05. The smallest absolute Gasteiger partial charge is 0.254 e. The molecule has 1 aliphatic rings. The molecule has 26 heavy (non-hydrogen) atoms. The second kappa shape index (κ2) is 8.25. The number of rotatable bonds is 4. The van der Waals surface area contributed by atoms with Gasteiger partial charge in [0.25, 0.3) is 5.91 Å². The molecule has 1 amide bonds. The lowest BCUT2D eigenvalue weighted by atomic mass is 10.1. The molecule has 0 spiro atoms. The summed E-state index contributed by atoms with van der Waals surface area (Å²) in [5, 5.41) is 3.87. The standard InChI is InChI=1S/C19H20Cl2FN3O/c1-23-17-6-5-13(11-16(17)22)19(26)25-9-7-24(8-10-25)12-14-3-2-4-15(20)18(14)21/h2-6,11,23H,7-10,12H2,1H3. The SMILES string of the molecule is CNc1ccc(C(=O)N2CCN(Cc3cccc(Cl)c3Cl)CC2)cc1F. The Morgan fingerprint density at radius 3 is 2.54 bits per heavy atom. The molecule has 0 aromatic heterocycles. The van der Waals surface area contributed by atoms with Crippen LogP contribution in [0, 0.1) is 5.82 Å². The van der Waals surface area contributed by atoms with Crippen LogP contribution in [0.3, 0.4) is 0 Å². The van der Waals surface area contributed by atoms with Crippen LogP contribution in [0.5, 0.6) is 0 Å². The zero-order chi connectivity index (χ0) is 18.7. The summed E-state index contributed by atoms with van der Waals surface area (Å²) in [6.45, 7) is 3.32. The van der Waals surface area contributed by atoms with Crippen molar-refractivity contribution in [3.63, 3.8) is 0 Å². The monoisotopic (exact) mass is 395 g/mol. The number of hydrogen-bond acceptors (Lipinski definition) is 3. The highest BCUT2D eigenvalue weighted by Gasteiger charge is 2.23. The van der Waals surface area contributed by atoms with Crippen LogP contribution in [-0.2, 0) is 6.54 Å². The summed E-state index contributed by atoms with van der Waals surface area (Å²) in [5.74, 6) is -0.570. The van der Waals surface area contributed by atoms with Crippen LogP contribution < -0.4 is 5.32 Å². The molecule has 138 valence electrons. The van der Waals surface area contributed by atoms with E-state index in [9.17, 15) is 9.18 Å². The highest BCUT2D eigenvalue weighted by atomic mass is 35.5. The Balaban J connectivity index is 1.60. The normalized spacial score (nSPS) is 15.2. The largest absolute Gasteiger partial charge is 0.386 e. The van der Waals surface area contributed by atoms with Crippen LogP contribution in [0.2, 0.25) is 10.0 Å². The topological polar surface area (TPSA) is 35.6 Å². The molecule has 1 aliphatic heterocycles. The van der Waals surface area contributed by atoms with Crippen LogP contribution in [0.4, 0.5) is 10.1 Å². The third-order valence-electron chi connectivity index (χ3n) is 4.57. The van der Waals surface area contributed by atoms with Gasteiger partial charge in [-0.05, 0) is 29.8 Å². The number of benzene rings is 2. The minimum Gasteiger partial charge on any atom is -0.386 e. The van der Waals surface area contributed by atoms with Crippen molar-refractivity contribution in [1.29, 1.82) is 0 Å². The van der Waals surface area contributed by atoms with Crippen LogP contribution in [0.15, 0.2) is 36.4 Å². The van der Waals surface area contributed by atoms with Gasteiger partial charge in [-0.15, -0.1) is 0 Å². The first kappa shape index (κ1) is 19.0. The lowest BCUT2D eigenvalue weighted by molar-refractivity contribution is 0.0628. The van der Waals surface area contributed by atoms with E-state index in [1.54, 1.807) is 30.1 Å². The van der Waals surface area contributed by atoms with Gasteiger partial charge in [-0.2, -0.15) is 0 Å². The van der Waals surface area contributed by atoms with E-state index in [1.807, 2.05) is 12.1 Å². The van der Waals surface area contributed by atoms with Crippen molar-refractivity contribution in [1.82, 2.24) is 9.80 Å². The van der Waals surface area contributed by atoms with Gasteiger partial charge < -0.3 is 10.2 Å². The van der Waals surface area contributed by atoms with Gasteiger partial charge >= 0.3 is 0 Å². The number of nitrogens with zero attached hydrogens (tertiary/aromatic N) is 2. The van der Waals surface area contributed by atoms with E-state index in [0.717, 1.165) is 18.7 Å². The van der Waals surface area contributed by atoms with Crippen molar-refractivity contribution >= 4 is 34.8 Å². The molecule has 7 heteroatoms. The molecule has 1 saturated heterocycles. The lowest BCUT2D eigenvalue weighted by Gasteiger charge is -2.35. The van der Waals surface area contributed by atoms with Crippen molar-refractivity contribution in [3.8, 4) is 0 Å². The molecule has 0 saturated carbocycles. The van der Waals surface area contributed by atoms with Gasteiger partial charge in [0.05, 0.1) is 15.7 Å². The summed E-state index contributed by atoms with van der Waals surface area (Å²) >= 11 is 12.3. The van der Waals surface area contributed by atoms with Crippen LogP contribution >= 0.6 is 23.2 Å². The summed E-state index contributed by atoms with van der Waals surface area (Å²) in [4.78, 5) is 16.6. The molecule has 2 aromatic carbocycles. The quantitative estimate of drug-likeness (QED) is 0.844. The number of piperazine rings is 1. The van der Waals surface area contributed by atoms with Crippen molar-refractivity contribution in [2.75, 3.05) is 38.5 Å². The Morgan fingerprint density at radius 1 is 1.15 bits per heavy atom. The van der Waals surface area contributed by atoms with Gasteiger partial charge in [0, 0.05) is 45.3 Å². The van der Waals surface area contributed by atoms with Crippen molar-refractivity contribution in [3.05, 3.63) is 63.4 Å². The molecule has 0 aliphatic carbocycles. The molecule has 0 radical (unpaired) electrons. The van der Waals surface area contributed by atoms with E-state index in [4.69, 9.17) is 23.2 Å². The number of carbonyl (C=O) groups is 1. The Kier molecular flexibility index (Phi) is 6.01. The highest BCUT2D eigenvalue weighted by Crippen LogP contribution is 2.27. The van der Waals surface area contributed by atoms with E-state index in [1.165, 1.54) is 6.07 Å². The van der Waals surface area contributed by atoms with E-state index in [2.05, 4.69) is 10.2 Å². The number of nitrogens with one attached hydrogen (secondary N) is 1. The molecule has 1 heterocycles. The highest BCUT2D eigenvalue weighted by molar-refractivity contribution is 6.42. The van der Waals surface area contributed by atoms with Crippen LogP contribution in [-0.4, -0.2) is 48.9 Å². The predicted octanol–water partition coefficient (Wildman–Crippen LogP) is 4.13. The third kappa shape index (κ3) is 4.11. The maximum Gasteiger partial charge on any atom is 0.254 e. The average Bonchev–Trinajstić information content (AvgIpc) is 2.65. The zero-order valence-corrected chi connectivity index (χ0v) is 15.9. The first-order chi connectivity index (χ1) is 12.5. The second-order valence-electron chi connectivity index (χ2n) is 6.23. The van der Waals surface area contributed by atoms with E-state index in [0.29, 0.717) is 40.9 Å². The minimum atomic E-state index is -0.424. The zero-order valence-electron chi connectivity index (χ0n) is 14.4. The minimum absolute atomic E-state index is 0.146. The Morgan fingerprint density at radius 2 is 1.88 bits per heavy atom. The maximum atomic E-state index is 13.9. The fourth-order valence-corrected chi connectivity index (χ4v) is 3.43. The molecular weight excluding hydrogens is 376 g/mol. The molecule has 1 N–H and O–H groups in total. The first-order valence-corrected chi connectivity index (χ1v) is 9.17. The Hall–Kier alpha value is -1.82. The number of amides is 1. The van der Waals surface area contributed by atoms with Gasteiger partial charge in [-0.25, -0.2) is 4.39 Å². The predicted molar refractivity (Wildman–Crippen MR) is 104 cm³/mol. The molecule has 4 nitrogen and oxygen atoms in total. The van der Waals surface area contributed by atoms with Crippen LogP contribution in [0.25, 0.3) is 0 Å². The molecule has 0 atom stereocenters. The van der Waals surface area contributed by atoms with Gasteiger partial charge in [-0.1, -0.05) is 35.3 Å². The molecule has 0 bridgehead atoms. The summed E-state index contributed by atoms with van der Waals surface area (Å²) in [6, 6.07) is 10.1. The Labute approximate surface area is 162 Å².